The van der Waals surface area contributed by atoms with Gasteiger partial charge in [-0.05, 0) is 18.2 Å². The minimum absolute atomic E-state index is 0.501. The predicted molar refractivity (Wildman–Crippen MR) is 69.8 cm³/mol. The van der Waals surface area contributed by atoms with Crippen LogP contribution in [0, 0.1) is 0 Å². The predicted octanol–water partition coefficient (Wildman–Crippen LogP) is 1.23. The first-order valence-electron chi connectivity index (χ1n) is 6.22. The molecule has 0 fully saturated rings. The summed E-state index contributed by atoms with van der Waals surface area (Å²) >= 11 is 0. The fraction of sp³-hybridized carbons (Fsp3) is 0.615. The van der Waals surface area contributed by atoms with Gasteiger partial charge >= 0.3 is 0 Å². The summed E-state index contributed by atoms with van der Waals surface area (Å²) in [7, 11) is 1.65. The molecule has 0 saturated heterocycles. The molecule has 102 valence electrons. The van der Waals surface area contributed by atoms with Gasteiger partial charge in [-0.1, -0.05) is 6.92 Å². The number of nitrogens with one attached hydrogen (secondary N) is 1. The third kappa shape index (κ3) is 6.54. The Kier molecular flexibility index (Phi) is 8.12. The zero-order valence-corrected chi connectivity index (χ0v) is 11.1. The van der Waals surface area contributed by atoms with Crippen molar-refractivity contribution in [1.29, 1.82) is 0 Å². The number of hydrogen-bond acceptors (Lipinski definition) is 5. The quantitative estimate of drug-likeness (QED) is 0.637. The Hall–Kier alpha value is -1.17. The van der Waals surface area contributed by atoms with Gasteiger partial charge in [0.2, 0.25) is 5.88 Å². The van der Waals surface area contributed by atoms with E-state index in [4.69, 9.17) is 14.2 Å². The van der Waals surface area contributed by atoms with E-state index in [2.05, 4.69) is 17.2 Å². The summed E-state index contributed by atoms with van der Waals surface area (Å²) in [6, 6.07) is 3.92. The molecule has 0 unspecified atom stereocenters. The summed E-state index contributed by atoms with van der Waals surface area (Å²) in [5.74, 6) is 0.640. The summed E-state index contributed by atoms with van der Waals surface area (Å²) in [6.45, 7) is 6.11. The molecule has 1 rings (SSSR count). The van der Waals surface area contributed by atoms with E-state index in [1.807, 2.05) is 12.1 Å². The van der Waals surface area contributed by atoms with Crippen LogP contribution in [-0.2, 0) is 16.0 Å². The number of hydrogen-bond donors (Lipinski definition) is 1. The van der Waals surface area contributed by atoms with Crippen molar-refractivity contribution in [2.24, 2.45) is 0 Å². The van der Waals surface area contributed by atoms with E-state index >= 15 is 0 Å². The van der Waals surface area contributed by atoms with Crippen LogP contribution in [0.5, 0.6) is 5.88 Å². The Labute approximate surface area is 108 Å². The van der Waals surface area contributed by atoms with Crippen LogP contribution in [-0.4, -0.2) is 45.1 Å². The Morgan fingerprint density at radius 1 is 1.22 bits per heavy atom. The second-order valence-electron chi connectivity index (χ2n) is 3.74. The van der Waals surface area contributed by atoms with E-state index in [-0.39, 0.29) is 0 Å². The van der Waals surface area contributed by atoms with Crippen molar-refractivity contribution in [2.75, 3.05) is 40.1 Å². The van der Waals surface area contributed by atoms with Crippen LogP contribution in [0.15, 0.2) is 18.3 Å². The summed E-state index contributed by atoms with van der Waals surface area (Å²) in [6.07, 6.45) is 1.76. The lowest BCUT2D eigenvalue weighted by molar-refractivity contribution is 0.0536. The first-order chi connectivity index (χ1) is 8.86. The minimum atomic E-state index is 0.501. The molecule has 0 aliphatic heterocycles. The van der Waals surface area contributed by atoms with Crippen LogP contribution in [0.3, 0.4) is 0 Å². The molecule has 1 heterocycles. The van der Waals surface area contributed by atoms with Crippen molar-refractivity contribution >= 4 is 0 Å². The fourth-order valence-corrected chi connectivity index (χ4v) is 1.36. The average molecular weight is 254 g/mol. The van der Waals surface area contributed by atoms with E-state index in [0.29, 0.717) is 32.3 Å². The number of nitrogens with zero attached hydrogens (tertiary/aromatic N) is 1. The van der Waals surface area contributed by atoms with Gasteiger partial charge in [-0.2, -0.15) is 0 Å². The molecule has 0 atom stereocenters. The zero-order valence-electron chi connectivity index (χ0n) is 11.1. The normalized spacial score (nSPS) is 10.6. The molecule has 5 heteroatoms. The first kappa shape index (κ1) is 14.9. The van der Waals surface area contributed by atoms with Gasteiger partial charge in [0, 0.05) is 25.9 Å². The molecule has 0 saturated carbocycles. The van der Waals surface area contributed by atoms with Crippen LogP contribution in [0.2, 0.25) is 0 Å². The van der Waals surface area contributed by atoms with Gasteiger partial charge in [0.1, 0.15) is 6.61 Å². The van der Waals surface area contributed by atoms with E-state index in [9.17, 15) is 0 Å². The molecule has 0 amide bonds. The average Bonchev–Trinajstić information content (AvgIpc) is 2.41. The lowest BCUT2D eigenvalue weighted by atomic mass is 10.2. The minimum Gasteiger partial charge on any atom is -0.475 e. The van der Waals surface area contributed by atoms with Gasteiger partial charge in [0.25, 0.3) is 0 Å². The maximum Gasteiger partial charge on any atom is 0.213 e. The Morgan fingerprint density at radius 3 is 2.83 bits per heavy atom. The Bertz CT molecular complexity index is 321. The van der Waals surface area contributed by atoms with Crippen LogP contribution in [0.4, 0.5) is 0 Å². The maximum absolute atomic E-state index is 5.50. The molecular formula is C13H22N2O3. The van der Waals surface area contributed by atoms with Crippen LogP contribution in [0.25, 0.3) is 0 Å². The third-order valence-electron chi connectivity index (χ3n) is 2.29. The number of ether oxygens (including phenoxy) is 3. The fourth-order valence-electron chi connectivity index (χ4n) is 1.36. The second kappa shape index (κ2) is 9.82. The summed E-state index contributed by atoms with van der Waals surface area (Å²) in [5, 5.41) is 3.26. The first-order valence-corrected chi connectivity index (χ1v) is 6.22. The van der Waals surface area contributed by atoms with Gasteiger partial charge in [0.15, 0.2) is 0 Å². The van der Waals surface area contributed by atoms with Gasteiger partial charge in [-0.25, -0.2) is 4.98 Å². The standard InChI is InChI=1S/C13H22N2O3/c1-3-14-11-12-4-5-15-13(10-12)18-9-8-17-7-6-16-2/h4-5,10,14H,3,6-9,11H2,1-2H3. The molecule has 0 aliphatic rings. The van der Waals surface area contributed by atoms with Crippen molar-refractivity contribution in [3.63, 3.8) is 0 Å². The second-order valence-corrected chi connectivity index (χ2v) is 3.74. The summed E-state index contributed by atoms with van der Waals surface area (Å²) in [5.41, 5.74) is 1.17. The monoisotopic (exact) mass is 254 g/mol. The zero-order chi connectivity index (χ0) is 13.1. The SMILES string of the molecule is CCNCc1ccnc(OCCOCCOC)c1. The number of aromatic nitrogens is 1. The van der Waals surface area contributed by atoms with Gasteiger partial charge < -0.3 is 19.5 Å². The molecule has 0 radical (unpaired) electrons. The van der Waals surface area contributed by atoms with Crippen LogP contribution in [0.1, 0.15) is 12.5 Å². The number of rotatable bonds is 10. The highest BCUT2D eigenvalue weighted by molar-refractivity contribution is 5.20. The van der Waals surface area contributed by atoms with Crippen molar-refractivity contribution in [3.8, 4) is 5.88 Å². The van der Waals surface area contributed by atoms with Crippen molar-refractivity contribution < 1.29 is 14.2 Å². The largest absolute Gasteiger partial charge is 0.475 e. The molecule has 1 N–H and O–H groups in total. The van der Waals surface area contributed by atoms with Gasteiger partial charge in [0.05, 0.1) is 19.8 Å². The molecule has 0 spiro atoms. The van der Waals surface area contributed by atoms with E-state index in [1.54, 1.807) is 13.3 Å². The van der Waals surface area contributed by atoms with E-state index < -0.39 is 0 Å². The van der Waals surface area contributed by atoms with Gasteiger partial charge in [-0.15, -0.1) is 0 Å². The summed E-state index contributed by atoms with van der Waals surface area (Å²) < 4.78 is 15.7. The van der Waals surface area contributed by atoms with Gasteiger partial charge in [-0.3, -0.25) is 0 Å². The lowest BCUT2D eigenvalue weighted by Crippen LogP contribution is -2.13. The molecule has 5 nitrogen and oxygen atoms in total. The molecule has 0 aromatic carbocycles. The Balaban J connectivity index is 2.20. The molecule has 1 aromatic rings. The van der Waals surface area contributed by atoms with Crippen LogP contribution < -0.4 is 10.1 Å². The topological polar surface area (TPSA) is 52.6 Å². The lowest BCUT2D eigenvalue weighted by Gasteiger charge is -2.07. The molecule has 0 aliphatic carbocycles. The highest BCUT2D eigenvalue weighted by Crippen LogP contribution is 2.08. The number of methoxy groups -OCH3 is 1. The smallest absolute Gasteiger partial charge is 0.213 e. The number of pyridine rings is 1. The highest BCUT2D eigenvalue weighted by Gasteiger charge is 1.98. The molecular weight excluding hydrogens is 232 g/mol. The van der Waals surface area contributed by atoms with Crippen molar-refractivity contribution in [1.82, 2.24) is 10.3 Å². The third-order valence-corrected chi connectivity index (χ3v) is 2.29. The van der Waals surface area contributed by atoms with Crippen molar-refractivity contribution in [2.45, 2.75) is 13.5 Å². The van der Waals surface area contributed by atoms with E-state index in [1.165, 1.54) is 5.56 Å². The highest BCUT2D eigenvalue weighted by atomic mass is 16.5. The van der Waals surface area contributed by atoms with Crippen molar-refractivity contribution in [3.05, 3.63) is 23.9 Å². The van der Waals surface area contributed by atoms with Crippen LogP contribution >= 0.6 is 0 Å². The molecule has 0 bridgehead atoms. The molecule has 18 heavy (non-hydrogen) atoms. The summed E-state index contributed by atoms with van der Waals surface area (Å²) in [4.78, 5) is 4.15. The maximum atomic E-state index is 5.50. The molecule has 1 aromatic heterocycles. The van der Waals surface area contributed by atoms with E-state index in [0.717, 1.165) is 13.1 Å². The Morgan fingerprint density at radius 2 is 2.06 bits per heavy atom.